The molecule has 0 spiro atoms. The van der Waals surface area contributed by atoms with E-state index in [1.165, 1.54) is 5.56 Å². The third-order valence-corrected chi connectivity index (χ3v) is 4.18. The van der Waals surface area contributed by atoms with Crippen molar-refractivity contribution in [3.05, 3.63) is 82.5 Å². The molecular weight excluding hydrogens is 332 g/mol. The van der Waals surface area contributed by atoms with Crippen LogP contribution in [0, 0.1) is 6.92 Å². The van der Waals surface area contributed by atoms with Gasteiger partial charge in [0.15, 0.2) is 0 Å². The summed E-state index contributed by atoms with van der Waals surface area (Å²) in [7, 11) is 0. The van der Waals surface area contributed by atoms with Crippen molar-refractivity contribution in [2.45, 2.75) is 19.9 Å². The van der Waals surface area contributed by atoms with E-state index in [4.69, 9.17) is 11.6 Å². The van der Waals surface area contributed by atoms with Crippen LogP contribution in [0.15, 0.2) is 60.7 Å². The summed E-state index contributed by atoms with van der Waals surface area (Å²) in [5, 5.41) is 7.35. The third-order valence-electron chi connectivity index (χ3n) is 3.81. The molecule has 2 N–H and O–H groups in total. The van der Waals surface area contributed by atoms with Gasteiger partial charge in [0.25, 0.3) is 0 Å². The van der Waals surface area contributed by atoms with E-state index >= 15 is 0 Å². The van der Waals surface area contributed by atoms with E-state index in [1.807, 2.05) is 43.3 Å². The summed E-state index contributed by atoms with van der Waals surface area (Å²) in [6, 6.07) is 20.1. The van der Waals surface area contributed by atoms with Crippen LogP contribution in [0.25, 0.3) is 0 Å². The minimum atomic E-state index is 0.590. The Morgan fingerprint density at radius 3 is 2.48 bits per heavy atom. The van der Waals surface area contributed by atoms with Gasteiger partial charge in [-0.1, -0.05) is 60.1 Å². The van der Waals surface area contributed by atoms with Gasteiger partial charge in [0.1, 0.15) is 5.82 Å². The van der Waals surface area contributed by atoms with E-state index in [-0.39, 0.29) is 0 Å². The molecule has 0 aliphatic carbocycles. The van der Waals surface area contributed by atoms with Crippen LogP contribution in [-0.2, 0) is 13.0 Å². The molecular formula is C20H21ClN4. The summed E-state index contributed by atoms with van der Waals surface area (Å²) in [6.45, 7) is 3.38. The highest BCUT2D eigenvalue weighted by atomic mass is 35.5. The lowest BCUT2D eigenvalue weighted by atomic mass is 10.1. The van der Waals surface area contributed by atoms with Crippen molar-refractivity contribution >= 4 is 23.4 Å². The Bertz CT molecular complexity index is 821. The van der Waals surface area contributed by atoms with Crippen LogP contribution in [0.5, 0.6) is 0 Å². The number of hydrogen-bond donors (Lipinski definition) is 2. The van der Waals surface area contributed by atoms with Gasteiger partial charge in [-0.15, -0.1) is 0 Å². The predicted molar refractivity (Wildman–Crippen MR) is 104 cm³/mol. The maximum absolute atomic E-state index is 6.19. The Morgan fingerprint density at radius 1 is 0.920 bits per heavy atom. The molecule has 0 amide bonds. The quantitative estimate of drug-likeness (QED) is 0.646. The van der Waals surface area contributed by atoms with Crippen LogP contribution in [0.1, 0.15) is 16.8 Å². The first-order valence-corrected chi connectivity index (χ1v) is 8.69. The van der Waals surface area contributed by atoms with E-state index in [9.17, 15) is 0 Å². The number of rotatable bonds is 7. The van der Waals surface area contributed by atoms with E-state index in [2.05, 4.69) is 44.9 Å². The summed E-state index contributed by atoms with van der Waals surface area (Å²) < 4.78 is 0. The van der Waals surface area contributed by atoms with Crippen LogP contribution in [0.4, 0.5) is 11.8 Å². The Morgan fingerprint density at radius 2 is 1.68 bits per heavy atom. The molecule has 0 saturated heterocycles. The smallest absolute Gasteiger partial charge is 0.225 e. The second kappa shape index (κ2) is 8.49. The van der Waals surface area contributed by atoms with Crippen molar-refractivity contribution in [2.75, 3.05) is 17.2 Å². The number of hydrogen-bond acceptors (Lipinski definition) is 4. The van der Waals surface area contributed by atoms with Crippen LogP contribution in [-0.4, -0.2) is 16.5 Å². The van der Waals surface area contributed by atoms with Crippen molar-refractivity contribution in [3.63, 3.8) is 0 Å². The topological polar surface area (TPSA) is 49.8 Å². The standard InChI is InChI=1S/C20H21ClN4/c1-15-13-19(22-12-11-16-7-3-2-4-8-16)25-20(24-15)23-14-17-9-5-6-10-18(17)21/h2-10,13H,11-12,14H2,1H3,(H2,22,23,24,25). The van der Waals surface area contributed by atoms with Crippen LogP contribution in [0.2, 0.25) is 5.02 Å². The van der Waals surface area contributed by atoms with Gasteiger partial charge >= 0.3 is 0 Å². The van der Waals surface area contributed by atoms with Crippen molar-refractivity contribution < 1.29 is 0 Å². The van der Waals surface area contributed by atoms with Crippen LogP contribution < -0.4 is 10.6 Å². The summed E-state index contributed by atoms with van der Waals surface area (Å²) in [6.07, 6.45) is 0.951. The van der Waals surface area contributed by atoms with E-state index < -0.39 is 0 Å². The van der Waals surface area contributed by atoms with Gasteiger partial charge in [0.2, 0.25) is 5.95 Å². The molecule has 1 heterocycles. The molecule has 0 fully saturated rings. The number of nitrogens with one attached hydrogen (secondary N) is 2. The number of halogens is 1. The van der Waals surface area contributed by atoms with Crippen molar-refractivity contribution in [1.82, 2.24) is 9.97 Å². The molecule has 4 nitrogen and oxygen atoms in total. The predicted octanol–water partition coefficient (Wildman–Crippen LogP) is 4.71. The monoisotopic (exact) mass is 352 g/mol. The highest BCUT2D eigenvalue weighted by Crippen LogP contribution is 2.17. The number of nitrogens with zero attached hydrogens (tertiary/aromatic N) is 2. The lowest BCUT2D eigenvalue weighted by Crippen LogP contribution is -2.10. The lowest BCUT2D eigenvalue weighted by Gasteiger charge is -2.10. The Balaban J connectivity index is 1.59. The molecule has 1 aromatic heterocycles. The average molecular weight is 353 g/mol. The summed E-state index contributed by atoms with van der Waals surface area (Å²) in [5.74, 6) is 1.42. The zero-order chi connectivity index (χ0) is 17.5. The number of aromatic nitrogens is 2. The minimum Gasteiger partial charge on any atom is -0.370 e. The molecule has 0 bridgehead atoms. The maximum atomic E-state index is 6.19. The maximum Gasteiger partial charge on any atom is 0.225 e. The molecule has 128 valence electrons. The highest BCUT2D eigenvalue weighted by Gasteiger charge is 2.04. The molecule has 2 aromatic carbocycles. The molecule has 0 radical (unpaired) electrons. The van der Waals surface area contributed by atoms with E-state index in [1.54, 1.807) is 0 Å². The normalized spacial score (nSPS) is 10.5. The van der Waals surface area contributed by atoms with Crippen molar-refractivity contribution in [2.24, 2.45) is 0 Å². The van der Waals surface area contributed by atoms with Gasteiger partial charge in [-0.3, -0.25) is 0 Å². The first kappa shape index (κ1) is 17.2. The fraction of sp³-hybridized carbons (Fsp3) is 0.200. The van der Waals surface area contributed by atoms with Gasteiger partial charge in [0.05, 0.1) is 0 Å². The zero-order valence-corrected chi connectivity index (χ0v) is 14.9. The first-order valence-electron chi connectivity index (χ1n) is 8.31. The molecule has 0 unspecified atom stereocenters. The number of anilines is 2. The summed E-state index contributed by atoms with van der Waals surface area (Å²) >= 11 is 6.19. The Labute approximate surface area is 153 Å². The van der Waals surface area contributed by atoms with E-state index in [0.29, 0.717) is 12.5 Å². The highest BCUT2D eigenvalue weighted by molar-refractivity contribution is 6.31. The molecule has 0 atom stereocenters. The van der Waals surface area contributed by atoms with Crippen molar-refractivity contribution in [1.29, 1.82) is 0 Å². The fourth-order valence-electron chi connectivity index (χ4n) is 2.53. The fourth-order valence-corrected chi connectivity index (χ4v) is 2.74. The van der Waals surface area contributed by atoms with Gasteiger partial charge in [-0.05, 0) is 30.5 Å². The first-order chi connectivity index (χ1) is 12.2. The van der Waals surface area contributed by atoms with Crippen LogP contribution in [0.3, 0.4) is 0 Å². The van der Waals surface area contributed by atoms with Gasteiger partial charge in [-0.25, -0.2) is 4.98 Å². The SMILES string of the molecule is Cc1cc(NCCc2ccccc2)nc(NCc2ccccc2Cl)n1. The lowest BCUT2D eigenvalue weighted by molar-refractivity contribution is 0.982. The molecule has 0 aliphatic rings. The third kappa shape index (κ3) is 5.19. The van der Waals surface area contributed by atoms with Crippen molar-refractivity contribution in [3.8, 4) is 0 Å². The van der Waals surface area contributed by atoms with Gasteiger partial charge in [-0.2, -0.15) is 4.98 Å². The molecule has 5 heteroatoms. The number of benzene rings is 2. The zero-order valence-electron chi connectivity index (χ0n) is 14.2. The summed E-state index contributed by atoms with van der Waals surface area (Å²) in [5.41, 5.74) is 3.24. The molecule has 0 aliphatic heterocycles. The molecule has 25 heavy (non-hydrogen) atoms. The molecule has 0 saturated carbocycles. The average Bonchev–Trinajstić information content (AvgIpc) is 2.62. The largest absolute Gasteiger partial charge is 0.370 e. The molecule has 3 rings (SSSR count). The van der Waals surface area contributed by atoms with E-state index in [0.717, 1.165) is 35.1 Å². The molecule has 3 aromatic rings. The second-order valence-corrected chi connectivity index (χ2v) is 6.23. The van der Waals surface area contributed by atoms with Gasteiger partial charge in [0, 0.05) is 29.9 Å². The summed E-state index contributed by atoms with van der Waals surface area (Å²) in [4.78, 5) is 8.97. The second-order valence-electron chi connectivity index (χ2n) is 5.83. The Kier molecular flexibility index (Phi) is 5.86. The van der Waals surface area contributed by atoms with Gasteiger partial charge < -0.3 is 10.6 Å². The Hall–Kier alpha value is -2.59. The number of aryl methyl sites for hydroxylation is 1. The van der Waals surface area contributed by atoms with Crippen LogP contribution >= 0.6 is 11.6 Å². The minimum absolute atomic E-state index is 0.590.